The van der Waals surface area contributed by atoms with Crippen molar-refractivity contribution in [3.05, 3.63) is 72.7 Å². The number of nitrogens with one attached hydrogen (secondary N) is 1. The minimum absolute atomic E-state index is 0.00517. The number of hydrogen-bond donors (Lipinski definition) is 2. The molecular weight excluding hydrogens is 286 g/mol. The fraction of sp³-hybridized carbons (Fsp3) is 0.167. The summed E-state index contributed by atoms with van der Waals surface area (Å²) in [6, 6.07) is 16.0. The van der Waals surface area contributed by atoms with E-state index in [1.165, 1.54) is 5.56 Å². The van der Waals surface area contributed by atoms with Crippen molar-refractivity contribution in [1.82, 2.24) is 15.0 Å². The average Bonchev–Trinajstić information content (AvgIpc) is 2.62. The molecule has 1 aromatic carbocycles. The average molecular weight is 305 g/mol. The number of anilines is 1. The van der Waals surface area contributed by atoms with E-state index in [0.29, 0.717) is 12.5 Å². The van der Waals surface area contributed by atoms with Gasteiger partial charge in [-0.1, -0.05) is 30.3 Å². The zero-order chi connectivity index (χ0) is 15.9. The minimum atomic E-state index is 0.00517. The maximum absolute atomic E-state index is 6.18. The SMILES string of the molecule is NC(CNc1nccc(-c2ccncc2)n1)Cc1ccccc1. The van der Waals surface area contributed by atoms with Crippen LogP contribution in [-0.2, 0) is 6.42 Å². The van der Waals surface area contributed by atoms with Crippen LogP contribution in [0.1, 0.15) is 5.56 Å². The molecule has 0 bridgehead atoms. The number of hydrogen-bond acceptors (Lipinski definition) is 5. The van der Waals surface area contributed by atoms with Crippen molar-refractivity contribution in [3.63, 3.8) is 0 Å². The lowest BCUT2D eigenvalue weighted by Gasteiger charge is -2.13. The molecule has 1 atom stereocenters. The van der Waals surface area contributed by atoms with E-state index in [1.54, 1.807) is 18.6 Å². The van der Waals surface area contributed by atoms with Crippen LogP contribution < -0.4 is 11.1 Å². The van der Waals surface area contributed by atoms with Crippen LogP contribution in [0.4, 0.5) is 5.95 Å². The third-order valence-electron chi connectivity index (χ3n) is 3.49. The van der Waals surface area contributed by atoms with Crippen molar-refractivity contribution in [3.8, 4) is 11.3 Å². The first-order valence-electron chi connectivity index (χ1n) is 7.58. The van der Waals surface area contributed by atoms with Gasteiger partial charge in [-0.2, -0.15) is 0 Å². The van der Waals surface area contributed by atoms with Gasteiger partial charge in [0, 0.05) is 36.7 Å². The molecule has 5 nitrogen and oxygen atoms in total. The molecule has 0 aliphatic rings. The van der Waals surface area contributed by atoms with Crippen molar-refractivity contribution < 1.29 is 0 Å². The summed E-state index contributed by atoms with van der Waals surface area (Å²) in [4.78, 5) is 12.8. The summed E-state index contributed by atoms with van der Waals surface area (Å²) in [5.41, 5.74) is 9.28. The largest absolute Gasteiger partial charge is 0.353 e. The lowest BCUT2D eigenvalue weighted by Crippen LogP contribution is -2.31. The highest BCUT2D eigenvalue weighted by atomic mass is 15.1. The zero-order valence-electron chi connectivity index (χ0n) is 12.8. The number of aromatic nitrogens is 3. The topological polar surface area (TPSA) is 76.7 Å². The van der Waals surface area contributed by atoms with Gasteiger partial charge < -0.3 is 11.1 Å². The van der Waals surface area contributed by atoms with Crippen molar-refractivity contribution in [2.75, 3.05) is 11.9 Å². The zero-order valence-corrected chi connectivity index (χ0v) is 12.8. The van der Waals surface area contributed by atoms with Gasteiger partial charge in [0.25, 0.3) is 0 Å². The number of benzene rings is 1. The smallest absolute Gasteiger partial charge is 0.223 e. The normalized spacial score (nSPS) is 11.9. The van der Waals surface area contributed by atoms with Gasteiger partial charge >= 0.3 is 0 Å². The molecule has 23 heavy (non-hydrogen) atoms. The molecule has 0 radical (unpaired) electrons. The van der Waals surface area contributed by atoms with Crippen LogP contribution in [0.25, 0.3) is 11.3 Å². The second-order valence-corrected chi connectivity index (χ2v) is 5.33. The highest BCUT2D eigenvalue weighted by molar-refractivity contribution is 5.58. The fourth-order valence-corrected chi connectivity index (χ4v) is 2.34. The van der Waals surface area contributed by atoms with Gasteiger partial charge in [0.15, 0.2) is 0 Å². The van der Waals surface area contributed by atoms with Gasteiger partial charge in [-0.3, -0.25) is 4.98 Å². The molecule has 1 unspecified atom stereocenters. The van der Waals surface area contributed by atoms with Crippen LogP contribution in [0.3, 0.4) is 0 Å². The van der Waals surface area contributed by atoms with E-state index in [-0.39, 0.29) is 6.04 Å². The Kier molecular flexibility index (Phi) is 4.91. The number of pyridine rings is 1. The molecular formula is C18H19N5. The molecule has 2 heterocycles. The van der Waals surface area contributed by atoms with E-state index in [9.17, 15) is 0 Å². The molecule has 0 aliphatic carbocycles. The molecule has 0 saturated carbocycles. The summed E-state index contributed by atoms with van der Waals surface area (Å²) in [6.07, 6.45) is 6.06. The predicted molar refractivity (Wildman–Crippen MR) is 91.9 cm³/mol. The third kappa shape index (κ3) is 4.34. The Morgan fingerprint density at radius 2 is 1.74 bits per heavy atom. The van der Waals surface area contributed by atoms with Gasteiger partial charge in [-0.25, -0.2) is 9.97 Å². The number of nitrogens with zero attached hydrogens (tertiary/aromatic N) is 3. The van der Waals surface area contributed by atoms with E-state index in [4.69, 9.17) is 5.73 Å². The Bertz CT molecular complexity index is 731. The van der Waals surface area contributed by atoms with Crippen LogP contribution in [0.2, 0.25) is 0 Å². The monoisotopic (exact) mass is 305 g/mol. The van der Waals surface area contributed by atoms with Crippen molar-refractivity contribution in [2.45, 2.75) is 12.5 Å². The summed E-state index contributed by atoms with van der Waals surface area (Å²) in [6.45, 7) is 0.620. The lowest BCUT2D eigenvalue weighted by atomic mass is 10.1. The first kappa shape index (κ1) is 15.1. The van der Waals surface area contributed by atoms with Gasteiger partial charge in [-0.05, 0) is 30.2 Å². The molecule has 3 N–H and O–H groups in total. The minimum Gasteiger partial charge on any atom is -0.353 e. The first-order valence-corrected chi connectivity index (χ1v) is 7.58. The molecule has 3 rings (SSSR count). The molecule has 2 aromatic heterocycles. The Balaban J connectivity index is 1.60. The second kappa shape index (κ2) is 7.47. The molecule has 5 heteroatoms. The Hall–Kier alpha value is -2.79. The molecule has 0 spiro atoms. The molecule has 0 saturated heterocycles. The molecule has 3 aromatic rings. The first-order chi connectivity index (χ1) is 11.3. The van der Waals surface area contributed by atoms with Crippen LogP contribution >= 0.6 is 0 Å². The summed E-state index contributed by atoms with van der Waals surface area (Å²) < 4.78 is 0. The second-order valence-electron chi connectivity index (χ2n) is 5.33. The fourth-order valence-electron chi connectivity index (χ4n) is 2.34. The van der Waals surface area contributed by atoms with Gasteiger partial charge in [0.1, 0.15) is 0 Å². The van der Waals surface area contributed by atoms with E-state index in [0.717, 1.165) is 17.7 Å². The lowest BCUT2D eigenvalue weighted by molar-refractivity contribution is 0.696. The van der Waals surface area contributed by atoms with Crippen LogP contribution in [0, 0.1) is 0 Å². The molecule has 0 fully saturated rings. The molecule has 0 amide bonds. The third-order valence-corrected chi connectivity index (χ3v) is 3.49. The van der Waals surface area contributed by atoms with Crippen molar-refractivity contribution >= 4 is 5.95 Å². The standard InChI is InChI=1S/C18H19N5/c19-16(12-14-4-2-1-3-5-14)13-22-18-21-11-8-17(23-18)15-6-9-20-10-7-15/h1-11,16H,12-13,19H2,(H,21,22,23). The molecule has 0 aliphatic heterocycles. The maximum atomic E-state index is 6.18. The maximum Gasteiger partial charge on any atom is 0.223 e. The van der Waals surface area contributed by atoms with Crippen LogP contribution in [0.5, 0.6) is 0 Å². The quantitative estimate of drug-likeness (QED) is 0.732. The van der Waals surface area contributed by atoms with E-state index >= 15 is 0 Å². The Morgan fingerprint density at radius 1 is 0.957 bits per heavy atom. The highest BCUT2D eigenvalue weighted by Crippen LogP contribution is 2.16. The molecule has 116 valence electrons. The van der Waals surface area contributed by atoms with Gasteiger partial charge in [0.2, 0.25) is 5.95 Å². The van der Waals surface area contributed by atoms with Gasteiger partial charge in [0.05, 0.1) is 5.69 Å². The van der Waals surface area contributed by atoms with Crippen LogP contribution in [-0.4, -0.2) is 27.5 Å². The summed E-state index contributed by atoms with van der Waals surface area (Å²) in [7, 11) is 0. The van der Waals surface area contributed by atoms with E-state index < -0.39 is 0 Å². The summed E-state index contributed by atoms with van der Waals surface area (Å²) in [5.74, 6) is 0.586. The Labute approximate surface area is 135 Å². The van der Waals surface area contributed by atoms with E-state index in [2.05, 4.69) is 32.4 Å². The predicted octanol–water partition coefficient (Wildman–Crippen LogP) is 2.52. The van der Waals surface area contributed by atoms with Gasteiger partial charge in [-0.15, -0.1) is 0 Å². The Morgan fingerprint density at radius 3 is 2.52 bits per heavy atom. The highest BCUT2D eigenvalue weighted by Gasteiger charge is 2.06. The summed E-state index contributed by atoms with van der Waals surface area (Å²) >= 11 is 0. The summed E-state index contributed by atoms with van der Waals surface area (Å²) in [5, 5.41) is 3.21. The van der Waals surface area contributed by atoms with E-state index in [1.807, 2.05) is 36.4 Å². The number of nitrogens with two attached hydrogens (primary N) is 1. The van der Waals surface area contributed by atoms with Crippen molar-refractivity contribution in [2.24, 2.45) is 5.73 Å². The number of rotatable bonds is 6. The van der Waals surface area contributed by atoms with Crippen molar-refractivity contribution in [1.29, 1.82) is 0 Å². The van der Waals surface area contributed by atoms with Crippen LogP contribution in [0.15, 0.2) is 67.1 Å².